The van der Waals surface area contributed by atoms with Crippen LogP contribution in [0.4, 0.5) is 8.78 Å². The van der Waals surface area contributed by atoms with E-state index in [0.717, 1.165) is 12.8 Å². The molecule has 0 saturated heterocycles. The second-order valence-corrected chi connectivity index (χ2v) is 5.25. The van der Waals surface area contributed by atoms with Crippen molar-refractivity contribution in [3.05, 3.63) is 59.7 Å². The molecular formula is C16H16F2. The van der Waals surface area contributed by atoms with E-state index in [9.17, 15) is 8.78 Å². The van der Waals surface area contributed by atoms with Crippen molar-refractivity contribution in [2.75, 3.05) is 0 Å². The number of hydrogen-bond donors (Lipinski definition) is 0. The molecule has 0 aliphatic heterocycles. The van der Waals surface area contributed by atoms with Crippen LogP contribution >= 0.6 is 0 Å². The van der Waals surface area contributed by atoms with Gasteiger partial charge in [-0.05, 0) is 49.1 Å². The topological polar surface area (TPSA) is 0 Å². The van der Waals surface area contributed by atoms with Gasteiger partial charge in [-0.25, -0.2) is 8.78 Å². The van der Waals surface area contributed by atoms with Crippen molar-refractivity contribution in [1.29, 1.82) is 0 Å². The highest BCUT2D eigenvalue weighted by molar-refractivity contribution is 5.23. The van der Waals surface area contributed by atoms with E-state index in [-0.39, 0.29) is 5.56 Å². The largest absolute Gasteiger partial charge is 0.207 e. The van der Waals surface area contributed by atoms with E-state index in [4.69, 9.17) is 0 Å². The third kappa shape index (κ3) is 2.00. The molecule has 2 aliphatic rings. The molecule has 18 heavy (non-hydrogen) atoms. The van der Waals surface area contributed by atoms with Gasteiger partial charge in [0.2, 0.25) is 0 Å². The number of fused-ring (bicyclic) bond motifs is 1. The lowest BCUT2D eigenvalue weighted by Crippen LogP contribution is -2.16. The molecule has 0 amide bonds. The summed E-state index contributed by atoms with van der Waals surface area (Å²) >= 11 is 0. The minimum absolute atomic E-state index is 0.256. The SMILES string of the molecule is Fc1cccc(F)c1CC1CCC2C=CC=CC21. The Hall–Kier alpha value is -1.44. The minimum atomic E-state index is -0.409. The number of hydrogen-bond acceptors (Lipinski definition) is 0. The standard InChI is InChI=1S/C16H16F2/c17-15-6-3-7-16(18)14(15)10-12-9-8-11-4-1-2-5-13(11)12/h1-7,11-13H,8-10H2. The molecule has 94 valence electrons. The van der Waals surface area contributed by atoms with Crippen LogP contribution in [0, 0.1) is 29.4 Å². The molecule has 1 aromatic carbocycles. The molecule has 2 heteroatoms. The quantitative estimate of drug-likeness (QED) is 0.730. The Labute approximate surface area is 106 Å². The van der Waals surface area contributed by atoms with Crippen molar-refractivity contribution >= 4 is 0 Å². The zero-order chi connectivity index (χ0) is 12.5. The first kappa shape index (κ1) is 11.6. The fourth-order valence-corrected chi connectivity index (χ4v) is 3.29. The Bertz CT molecular complexity index is 482. The van der Waals surface area contributed by atoms with E-state index in [1.54, 1.807) is 0 Å². The first-order valence-corrected chi connectivity index (χ1v) is 6.53. The van der Waals surface area contributed by atoms with E-state index in [1.165, 1.54) is 18.2 Å². The summed E-state index contributed by atoms with van der Waals surface area (Å²) < 4.78 is 27.3. The van der Waals surface area contributed by atoms with Gasteiger partial charge in [-0.15, -0.1) is 0 Å². The molecule has 3 unspecified atom stereocenters. The maximum atomic E-state index is 13.7. The van der Waals surface area contributed by atoms with Gasteiger partial charge < -0.3 is 0 Å². The highest BCUT2D eigenvalue weighted by Gasteiger charge is 2.34. The van der Waals surface area contributed by atoms with Crippen LogP contribution in [0.5, 0.6) is 0 Å². The van der Waals surface area contributed by atoms with E-state index in [0.29, 0.717) is 24.2 Å². The van der Waals surface area contributed by atoms with Crippen molar-refractivity contribution < 1.29 is 8.78 Å². The van der Waals surface area contributed by atoms with E-state index in [1.807, 2.05) is 0 Å². The second kappa shape index (κ2) is 4.68. The number of halogens is 2. The Morgan fingerprint density at radius 1 is 1.00 bits per heavy atom. The molecular weight excluding hydrogens is 230 g/mol. The highest BCUT2D eigenvalue weighted by atomic mass is 19.1. The predicted molar refractivity (Wildman–Crippen MR) is 68.0 cm³/mol. The first-order valence-electron chi connectivity index (χ1n) is 6.53. The molecule has 0 heterocycles. The molecule has 1 saturated carbocycles. The second-order valence-electron chi connectivity index (χ2n) is 5.25. The molecule has 1 aromatic rings. The van der Waals surface area contributed by atoms with Crippen LogP contribution in [0.15, 0.2) is 42.5 Å². The Morgan fingerprint density at radius 2 is 1.72 bits per heavy atom. The minimum Gasteiger partial charge on any atom is -0.207 e. The van der Waals surface area contributed by atoms with Crippen LogP contribution in [-0.2, 0) is 6.42 Å². The molecule has 2 aliphatic carbocycles. The fourth-order valence-electron chi connectivity index (χ4n) is 3.29. The van der Waals surface area contributed by atoms with Gasteiger partial charge in [0.25, 0.3) is 0 Å². The Balaban J connectivity index is 1.81. The van der Waals surface area contributed by atoms with Gasteiger partial charge in [0.15, 0.2) is 0 Å². The normalized spacial score (nSPS) is 29.6. The lowest BCUT2D eigenvalue weighted by molar-refractivity contribution is 0.402. The monoisotopic (exact) mass is 246 g/mol. The summed E-state index contributed by atoms with van der Waals surface area (Å²) in [6.07, 6.45) is 11.2. The van der Waals surface area contributed by atoms with E-state index < -0.39 is 11.6 Å². The molecule has 0 bridgehead atoms. The van der Waals surface area contributed by atoms with E-state index in [2.05, 4.69) is 24.3 Å². The summed E-state index contributed by atoms with van der Waals surface area (Å²) in [5, 5.41) is 0. The third-order valence-corrected chi connectivity index (χ3v) is 4.24. The summed E-state index contributed by atoms with van der Waals surface area (Å²) in [5.74, 6) is 0.564. The predicted octanol–water partition coefficient (Wildman–Crippen LogP) is 4.28. The summed E-state index contributed by atoms with van der Waals surface area (Å²) in [5.41, 5.74) is 0.256. The molecule has 0 radical (unpaired) electrons. The molecule has 3 atom stereocenters. The Kier molecular flexibility index (Phi) is 3.02. The van der Waals surface area contributed by atoms with Crippen LogP contribution in [0.2, 0.25) is 0 Å². The van der Waals surface area contributed by atoms with Crippen LogP contribution in [0.25, 0.3) is 0 Å². The van der Waals surface area contributed by atoms with Crippen molar-refractivity contribution in [3.8, 4) is 0 Å². The van der Waals surface area contributed by atoms with Gasteiger partial charge in [-0.2, -0.15) is 0 Å². The summed E-state index contributed by atoms with van der Waals surface area (Å²) in [6.45, 7) is 0. The highest BCUT2D eigenvalue weighted by Crippen LogP contribution is 2.42. The number of rotatable bonds is 2. The average molecular weight is 246 g/mol. The first-order chi connectivity index (χ1) is 8.75. The maximum absolute atomic E-state index is 13.7. The number of allylic oxidation sites excluding steroid dienone is 4. The van der Waals surface area contributed by atoms with Gasteiger partial charge >= 0.3 is 0 Å². The van der Waals surface area contributed by atoms with Crippen molar-refractivity contribution in [1.82, 2.24) is 0 Å². The zero-order valence-electron chi connectivity index (χ0n) is 10.2. The average Bonchev–Trinajstić information content (AvgIpc) is 2.77. The van der Waals surface area contributed by atoms with Gasteiger partial charge in [-0.3, -0.25) is 0 Å². The van der Waals surface area contributed by atoms with Gasteiger partial charge in [-0.1, -0.05) is 30.4 Å². The lowest BCUT2D eigenvalue weighted by Gasteiger charge is -2.22. The molecule has 1 fully saturated rings. The van der Waals surface area contributed by atoms with Crippen LogP contribution in [0.3, 0.4) is 0 Å². The molecule has 0 nitrogen and oxygen atoms in total. The molecule has 0 aromatic heterocycles. The molecule has 0 N–H and O–H groups in total. The summed E-state index contributed by atoms with van der Waals surface area (Å²) in [4.78, 5) is 0. The van der Waals surface area contributed by atoms with Gasteiger partial charge in [0.1, 0.15) is 11.6 Å². The van der Waals surface area contributed by atoms with Crippen molar-refractivity contribution in [2.45, 2.75) is 19.3 Å². The lowest BCUT2D eigenvalue weighted by atomic mass is 9.83. The Morgan fingerprint density at radius 3 is 2.50 bits per heavy atom. The molecule has 3 rings (SSSR count). The summed E-state index contributed by atoms with van der Waals surface area (Å²) in [6, 6.07) is 4.12. The van der Waals surface area contributed by atoms with Crippen LogP contribution in [0.1, 0.15) is 18.4 Å². The smallest absolute Gasteiger partial charge is 0.129 e. The molecule has 0 spiro atoms. The van der Waals surface area contributed by atoms with Gasteiger partial charge in [0.05, 0.1) is 0 Å². The van der Waals surface area contributed by atoms with E-state index >= 15 is 0 Å². The van der Waals surface area contributed by atoms with Crippen molar-refractivity contribution in [2.24, 2.45) is 17.8 Å². The number of benzene rings is 1. The third-order valence-electron chi connectivity index (χ3n) is 4.24. The van der Waals surface area contributed by atoms with Crippen molar-refractivity contribution in [3.63, 3.8) is 0 Å². The van der Waals surface area contributed by atoms with Gasteiger partial charge in [0, 0.05) is 5.56 Å². The zero-order valence-corrected chi connectivity index (χ0v) is 10.2. The summed E-state index contributed by atoms with van der Waals surface area (Å²) in [7, 11) is 0. The van der Waals surface area contributed by atoms with Crippen LogP contribution in [-0.4, -0.2) is 0 Å². The maximum Gasteiger partial charge on any atom is 0.129 e. The van der Waals surface area contributed by atoms with Crippen LogP contribution < -0.4 is 0 Å². The fraction of sp³-hybridized carbons (Fsp3) is 0.375.